The summed E-state index contributed by atoms with van der Waals surface area (Å²) in [6.45, 7) is 10.2. The largest absolute Gasteiger partial charge is 0.314 e. The van der Waals surface area contributed by atoms with Gasteiger partial charge in [0.1, 0.15) is 0 Å². The molecule has 1 aliphatic heterocycles. The van der Waals surface area contributed by atoms with Gasteiger partial charge in [0.15, 0.2) is 0 Å². The van der Waals surface area contributed by atoms with E-state index in [0.717, 1.165) is 6.54 Å². The second-order valence-electron chi connectivity index (χ2n) is 4.18. The first-order valence-electron chi connectivity index (χ1n) is 5.33. The van der Waals surface area contributed by atoms with E-state index in [9.17, 15) is 0 Å². The van der Waals surface area contributed by atoms with Crippen molar-refractivity contribution in [2.75, 3.05) is 26.7 Å². The van der Waals surface area contributed by atoms with Gasteiger partial charge in [0.25, 0.3) is 0 Å². The Morgan fingerprint density at radius 3 is 2.38 bits per heavy atom. The SMILES string of the molecule is CCN1C[C@H](NC(C)C)[C@H](NC)C1. The third kappa shape index (κ3) is 2.93. The van der Waals surface area contributed by atoms with Crippen LogP contribution in [0.1, 0.15) is 20.8 Å². The molecule has 1 saturated heterocycles. The highest BCUT2D eigenvalue weighted by atomic mass is 15.2. The van der Waals surface area contributed by atoms with Crippen LogP contribution in [0.4, 0.5) is 0 Å². The Labute approximate surface area is 81.9 Å². The maximum atomic E-state index is 3.60. The molecule has 0 aromatic heterocycles. The van der Waals surface area contributed by atoms with Crippen molar-refractivity contribution in [1.82, 2.24) is 15.5 Å². The fourth-order valence-electron chi connectivity index (χ4n) is 2.03. The highest BCUT2D eigenvalue weighted by molar-refractivity contribution is 4.93. The summed E-state index contributed by atoms with van der Waals surface area (Å²) in [7, 11) is 2.05. The van der Waals surface area contributed by atoms with Gasteiger partial charge in [0.05, 0.1) is 0 Å². The molecule has 2 atom stereocenters. The van der Waals surface area contributed by atoms with Crippen LogP contribution >= 0.6 is 0 Å². The monoisotopic (exact) mass is 185 g/mol. The molecule has 1 rings (SSSR count). The molecule has 13 heavy (non-hydrogen) atoms. The fourth-order valence-corrected chi connectivity index (χ4v) is 2.03. The van der Waals surface area contributed by atoms with Crippen LogP contribution < -0.4 is 10.6 Å². The number of nitrogens with zero attached hydrogens (tertiary/aromatic N) is 1. The summed E-state index contributed by atoms with van der Waals surface area (Å²) in [5.41, 5.74) is 0. The topological polar surface area (TPSA) is 27.3 Å². The number of hydrogen-bond donors (Lipinski definition) is 2. The Kier molecular flexibility index (Phi) is 4.16. The molecule has 0 saturated carbocycles. The van der Waals surface area contributed by atoms with Crippen molar-refractivity contribution in [3.05, 3.63) is 0 Å². The van der Waals surface area contributed by atoms with E-state index in [4.69, 9.17) is 0 Å². The van der Waals surface area contributed by atoms with Crippen LogP contribution in [-0.4, -0.2) is 49.7 Å². The van der Waals surface area contributed by atoms with Crippen molar-refractivity contribution < 1.29 is 0 Å². The first-order valence-corrected chi connectivity index (χ1v) is 5.33. The molecule has 0 spiro atoms. The second kappa shape index (κ2) is 4.94. The lowest BCUT2D eigenvalue weighted by molar-refractivity contribution is 0.340. The third-order valence-corrected chi connectivity index (χ3v) is 2.76. The van der Waals surface area contributed by atoms with Crippen LogP contribution in [0.5, 0.6) is 0 Å². The second-order valence-corrected chi connectivity index (χ2v) is 4.18. The molecule has 1 heterocycles. The first kappa shape index (κ1) is 11.0. The summed E-state index contributed by atoms with van der Waals surface area (Å²) >= 11 is 0. The quantitative estimate of drug-likeness (QED) is 0.658. The van der Waals surface area contributed by atoms with Crippen molar-refractivity contribution in [2.45, 2.75) is 38.9 Å². The average Bonchev–Trinajstić information content (AvgIpc) is 2.46. The molecule has 3 nitrogen and oxygen atoms in total. The summed E-state index contributed by atoms with van der Waals surface area (Å²) in [6.07, 6.45) is 0. The molecule has 2 N–H and O–H groups in total. The number of nitrogens with one attached hydrogen (secondary N) is 2. The van der Waals surface area contributed by atoms with Gasteiger partial charge in [-0.25, -0.2) is 0 Å². The predicted octanol–water partition coefficient (Wildman–Crippen LogP) is 0.277. The van der Waals surface area contributed by atoms with Gasteiger partial charge in [-0.05, 0) is 13.6 Å². The lowest BCUT2D eigenvalue weighted by Crippen LogP contribution is -2.48. The molecular weight excluding hydrogens is 162 g/mol. The zero-order valence-electron chi connectivity index (χ0n) is 9.30. The Hall–Kier alpha value is -0.120. The summed E-state index contributed by atoms with van der Waals surface area (Å²) in [4.78, 5) is 2.49. The van der Waals surface area contributed by atoms with Crippen LogP contribution in [0, 0.1) is 0 Å². The Morgan fingerprint density at radius 2 is 1.92 bits per heavy atom. The molecule has 78 valence electrons. The van der Waals surface area contributed by atoms with Gasteiger partial charge in [-0.3, -0.25) is 0 Å². The molecule has 0 bridgehead atoms. The molecule has 1 fully saturated rings. The van der Waals surface area contributed by atoms with E-state index in [1.165, 1.54) is 13.1 Å². The average molecular weight is 185 g/mol. The van der Waals surface area contributed by atoms with Crippen molar-refractivity contribution in [2.24, 2.45) is 0 Å². The van der Waals surface area contributed by atoms with E-state index in [2.05, 4.69) is 43.4 Å². The van der Waals surface area contributed by atoms with Crippen LogP contribution in [0.15, 0.2) is 0 Å². The van der Waals surface area contributed by atoms with Gasteiger partial charge in [0, 0.05) is 31.2 Å². The van der Waals surface area contributed by atoms with E-state index in [1.54, 1.807) is 0 Å². The van der Waals surface area contributed by atoms with Crippen LogP contribution in [0.2, 0.25) is 0 Å². The van der Waals surface area contributed by atoms with Crippen molar-refractivity contribution in [3.8, 4) is 0 Å². The highest BCUT2D eigenvalue weighted by Gasteiger charge is 2.30. The molecule has 0 aromatic rings. The first-order chi connectivity index (χ1) is 6.17. The molecule has 1 aliphatic rings. The van der Waals surface area contributed by atoms with Gasteiger partial charge >= 0.3 is 0 Å². The smallest absolute Gasteiger partial charge is 0.0363 e. The minimum atomic E-state index is 0.581. The summed E-state index contributed by atoms with van der Waals surface area (Å²) < 4.78 is 0. The highest BCUT2D eigenvalue weighted by Crippen LogP contribution is 2.09. The fraction of sp³-hybridized carbons (Fsp3) is 1.00. The van der Waals surface area contributed by atoms with E-state index in [-0.39, 0.29) is 0 Å². The van der Waals surface area contributed by atoms with Gasteiger partial charge in [-0.2, -0.15) is 0 Å². The van der Waals surface area contributed by atoms with Gasteiger partial charge < -0.3 is 15.5 Å². The van der Waals surface area contributed by atoms with Gasteiger partial charge in [0.2, 0.25) is 0 Å². The van der Waals surface area contributed by atoms with E-state index >= 15 is 0 Å². The van der Waals surface area contributed by atoms with E-state index in [0.29, 0.717) is 18.1 Å². The molecule has 0 aromatic carbocycles. The normalized spacial score (nSPS) is 30.2. The number of hydrogen-bond acceptors (Lipinski definition) is 3. The number of likely N-dealkylation sites (tertiary alicyclic amines) is 1. The van der Waals surface area contributed by atoms with Crippen molar-refractivity contribution in [1.29, 1.82) is 0 Å². The lowest BCUT2D eigenvalue weighted by atomic mass is 10.1. The zero-order chi connectivity index (χ0) is 9.84. The Bertz CT molecular complexity index is 147. The summed E-state index contributed by atoms with van der Waals surface area (Å²) in [5, 5.41) is 6.98. The molecule has 0 aliphatic carbocycles. The van der Waals surface area contributed by atoms with Crippen LogP contribution in [-0.2, 0) is 0 Å². The molecule has 0 radical (unpaired) electrons. The summed E-state index contributed by atoms with van der Waals surface area (Å²) in [6, 6.07) is 1.81. The maximum Gasteiger partial charge on any atom is 0.0363 e. The Balaban J connectivity index is 2.43. The standard InChI is InChI=1S/C10H23N3/c1-5-13-6-9(11-4)10(7-13)12-8(2)3/h8-12H,5-7H2,1-4H3/t9-,10+/m1/s1. The van der Waals surface area contributed by atoms with E-state index < -0.39 is 0 Å². The number of likely N-dealkylation sites (N-methyl/N-ethyl adjacent to an activating group) is 2. The maximum absolute atomic E-state index is 3.60. The molecule has 0 amide bonds. The zero-order valence-corrected chi connectivity index (χ0v) is 9.30. The molecule has 3 heteroatoms. The minimum absolute atomic E-state index is 0.581. The predicted molar refractivity (Wildman–Crippen MR) is 57.0 cm³/mol. The van der Waals surface area contributed by atoms with Crippen LogP contribution in [0.25, 0.3) is 0 Å². The van der Waals surface area contributed by atoms with E-state index in [1.807, 2.05) is 0 Å². The Morgan fingerprint density at radius 1 is 1.31 bits per heavy atom. The number of rotatable bonds is 4. The molecular formula is C10H23N3. The van der Waals surface area contributed by atoms with Crippen molar-refractivity contribution in [3.63, 3.8) is 0 Å². The summed E-state index contributed by atoms with van der Waals surface area (Å²) in [5.74, 6) is 0. The third-order valence-electron chi connectivity index (χ3n) is 2.76. The molecule has 0 unspecified atom stereocenters. The lowest BCUT2D eigenvalue weighted by Gasteiger charge is -2.21. The van der Waals surface area contributed by atoms with Gasteiger partial charge in [-0.15, -0.1) is 0 Å². The van der Waals surface area contributed by atoms with Gasteiger partial charge in [-0.1, -0.05) is 20.8 Å². The van der Waals surface area contributed by atoms with Crippen molar-refractivity contribution >= 4 is 0 Å². The van der Waals surface area contributed by atoms with Crippen LogP contribution in [0.3, 0.4) is 0 Å². The minimum Gasteiger partial charge on any atom is -0.314 e.